The van der Waals surface area contributed by atoms with Gasteiger partial charge in [-0.3, -0.25) is 14.2 Å². The van der Waals surface area contributed by atoms with Crippen LogP contribution in [0, 0.1) is 0 Å². The molecule has 1 unspecified atom stereocenters. The van der Waals surface area contributed by atoms with Crippen LogP contribution in [0.5, 0.6) is 11.5 Å². The molecule has 2 aromatic heterocycles. The number of aromatic nitrogens is 2. The van der Waals surface area contributed by atoms with Crippen LogP contribution in [-0.4, -0.2) is 34.0 Å². The Morgan fingerprint density at radius 3 is 2.83 bits per heavy atom. The lowest BCUT2D eigenvalue weighted by Crippen LogP contribution is -2.34. The summed E-state index contributed by atoms with van der Waals surface area (Å²) in [7, 11) is 0. The highest BCUT2D eigenvalue weighted by Crippen LogP contribution is 2.33. The van der Waals surface area contributed by atoms with Crippen molar-refractivity contribution in [1.82, 2.24) is 14.9 Å². The Bertz CT molecular complexity index is 1400. The van der Waals surface area contributed by atoms with Gasteiger partial charge >= 0.3 is 0 Å². The zero-order valence-electron chi connectivity index (χ0n) is 19.2. The van der Waals surface area contributed by atoms with Gasteiger partial charge in [-0.05, 0) is 54.5 Å². The number of nitrogens with zero attached hydrogens (tertiary/aromatic N) is 2. The largest absolute Gasteiger partial charge is 0.454 e. The van der Waals surface area contributed by atoms with Gasteiger partial charge in [0, 0.05) is 6.04 Å². The SMILES string of the molecule is CC(CCc1ccccc1)NC(=O)CSc1nc2ccsc2c(=O)n1Cc1ccc2c(c1)OCO2. The summed E-state index contributed by atoms with van der Waals surface area (Å²) in [6.45, 7) is 2.53. The molecule has 1 N–H and O–H groups in total. The Labute approximate surface area is 211 Å². The van der Waals surface area contributed by atoms with Crippen LogP contribution in [0.25, 0.3) is 10.2 Å². The Morgan fingerprint density at radius 2 is 1.97 bits per heavy atom. The van der Waals surface area contributed by atoms with Crippen LogP contribution in [-0.2, 0) is 17.8 Å². The van der Waals surface area contributed by atoms with Gasteiger partial charge in [0.15, 0.2) is 16.7 Å². The van der Waals surface area contributed by atoms with Gasteiger partial charge in [-0.25, -0.2) is 4.98 Å². The van der Waals surface area contributed by atoms with Crippen LogP contribution in [0.15, 0.2) is 69.9 Å². The number of hydrogen-bond acceptors (Lipinski definition) is 7. The topological polar surface area (TPSA) is 82.5 Å². The van der Waals surface area contributed by atoms with E-state index in [9.17, 15) is 9.59 Å². The summed E-state index contributed by atoms with van der Waals surface area (Å²) in [5, 5.41) is 5.44. The van der Waals surface area contributed by atoms with Crippen LogP contribution in [0.2, 0.25) is 0 Å². The van der Waals surface area contributed by atoms with E-state index >= 15 is 0 Å². The van der Waals surface area contributed by atoms with Crippen LogP contribution in [0.1, 0.15) is 24.5 Å². The van der Waals surface area contributed by atoms with Crippen LogP contribution in [0.4, 0.5) is 0 Å². The molecular formula is C26H25N3O4S2. The number of thiophene rings is 1. The maximum absolute atomic E-state index is 13.3. The van der Waals surface area contributed by atoms with E-state index in [0.717, 1.165) is 18.4 Å². The Hall–Kier alpha value is -3.30. The third kappa shape index (κ3) is 5.52. The molecule has 7 nitrogen and oxygen atoms in total. The zero-order chi connectivity index (χ0) is 24.2. The lowest BCUT2D eigenvalue weighted by molar-refractivity contribution is -0.119. The van der Waals surface area contributed by atoms with Crippen molar-refractivity contribution in [3.8, 4) is 11.5 Å². The smallest absolute Gasteiger partial charge is 0.272 e. The molecule has 35 heavy (non-hydrogen) atoms. The maximum Gasteiger partial charge on any atom is 0.272 e. The molecule has 0 aliphatic carbocycles. The molecule has 1 aliphatic rings. The van der Waals surface area contributed by atoms with Crippen molar-refractivity contribution in [3.05, 3.63) is 81.5 Å². The highest BCUT2D eigenvalue weighted by molar-refractivity contribution is 7.99. The molecule has 0 radical (unpaired) electrons. The van der Waals surface area contributed by atoms with Gasteiger partial charge in [-0.15, -0.1) is 11.3 Å². The predicted octanol–water partition coefficient (Wildman–Crippen LogP) is 4.46. The third-order valence-corrected chi connectivity index (χ3v) is 7.63. The van der Waals surface area contributed by atoms with Gasteiger partial charge in [-0.2, -0.15) is 0 Å². The normalized spacial score (nSPS) is 13.2. The number of aryl methyl sites for hydroxylation is 1. The molecule has 0 spiro atoms. The number of carbonyl (C=O) groups excluding carboxylic acids is 1. The van der Waals surface area contributed by atoms with Gasteiger partial charge in [0.1, 0.15) is 4.70 Å². The van der Waals surface area contributed by atoms with Crippen LogP contribution in [0.3, 0.4) is 0 Å². The minimum absolute atomic E-state index is 0.0476. The first-order chi connectivity index (χ1) is 17.1. The molecule has 4 aromatic rings. The minimum Gasteiger partial charge on any atom is -0.454 e. The van der Waals surface area contributed by atoms with Crippen molar-refractivity contribution in [3.63, 3.8) is 0 Å². The van der Waals surface area contributed by atoms with Crippen LogP contribution >= 0.6 is 23.1 Å². The monoisotopic (exact) mass is 507 g/mol. The molecule has 1 aliphatic heterocycles. The van der Waals surface area contributed by atoms with Gasteiger partial charge in [0.25, 0.3) is 5.56 Å². The summed E-state index contributed by atoms with van der Waals surface area (Å²) in [5.41, 5.74) is 2.70. The third-order valence-electron chi connectivity index (χ3n) is 5.76. The molecular weight excluding hydrogens is 482 g/mol. The molecule has 0 bridgehead atoms. The summed E-state index contributed by atoms with van der Waals surface area (Å²) in [6.07, 6.45) is 1.76. The number of ether oxygens (including phenoxy) is 2. The second-order valence-corrected chi connectivity index (χ2v) is 10.2. The number of thioether (sulfide) groups is 1. The summed E-state index contributed by atoms with van der Waals surface area (Å²) >= 11 is 2.65. The highest BCUT2D eigenvalue weighted by Gasteiger charge is 2.18. The second kappa shape index (κ2) is 10.5. The highest BCUT2D eigenvalue weighted by atomic mass is 32.2. The minimum atomic E-state index is -0.109. The van der Waals surface area contributed by atoms with E-state index in [2.05, 4.69) is 17.4 Å². The summed E-state index contributed by atoms with van der Waals surface area (Å²) < 4.78 is 13.1. The fraction of sp³-hybridized carbons (Fsp3) is 0.269. The van der Waals surface area contributed by atoms with Crippen molar-refractivity contribution in [2.75, 3.05) is 12.5 Å². The van der Waals surface area contributed by atoms with Crippen LogP contribution < -0.4 is 20.3 Å². The molecule has 1 atom stereocenters. The van der Waals surface area contributed by atoms with Crippen molar-refractivity contribution in [2.24, 2.45) is 0 Å². The fourth-order valence-electron chi connectivity index (χ4n) is 3.94. The van der Waals surface area contributed by atoms with E-state index in [-0.39, 0.29) is 30.1 Å². The van der Waals surface area contributed by atoms with E-state index in [1.54, 1.807) is 4.57 Å². The summed E-state index contributed by atoms with van der Waals surface area (Å²) in [4.78, 5) is 30.6. The molecule has 0 saturated heterocycles. The van der Waals surface area contributed by atoms with Crippen molar-refractivity contribution in [2.45, 2.75) is 37.5 Å². The molecule has 3 heterocycles. The fourth-order valence-corrected chi connectivity index (χ4v) is 5.53. The number of rotatable bonds is 9. The standard InChI is InChI=1S/C26H25N3O4S2/c1-17(7-8-18-5-3-2-4-6-18)27-23(30)15-35-26-28-20-11-12-34-24(20)25(31)29(26)14-19-9-10-21-22(13-19)33-16-32-21/h2-6,9-13,17H,7-8,14-16H2,1H3,(H,27,30). The van der Waals surface area contributed by atoms with Gasteiger partial charge in [-0.1, -0.05) is 48.2 Å². The first-order valence-corrected chi connectivity index (χ1v) is 13.3. The molecule has 0 fully saturated rings. The quantitative estimate of drug-likeness (QED) is 0.266. The Morgan fingerprint density at radius 1 is 1.14 bits per heavy atom. The molecule has 5 rings (SSSR count). The van der Waals surface area contributed by atoms with Gasteiger partial charge < -0.3 is 14.8 Å². The van der Waals surface area contributed by atoms with Crippen molar-refractivity contribution < 1.29 is 14.3 Å². The van der Waals surface area contributed by atoms with E-state index < -0.39 is 0 Å². The average Bonchev–Trinajstić information content (AvgIpc) is 3.53. The first-order valence-electron chi connectivity index (χ1n) is 11.4. The first kappa shape index (κ1) is 23.4. The van der Waals surface area contributed by atoms with Gasteiger partial charge in [0.2, 0.25) is 12.7 Å². The van der Waals surface area contributed by atoms with E-state index in [4.69, 9.17) is 14.5 Å². The van der Waals surface area contributed by atoms with Gasteiger partial charge in [0.05, 0.1) is 17.8 Å². The molecule has 1 amide bonds. The molecule has 9 heteroatoms. The molecule has 0 saturated carbocycles. The Balaban J connectivity index is 1.27. The zero-order valence-corrected chi connectivity index (χ0v) is 20.9. The number of benzene rings is 2. The number of carbonyl (C=O) groups is 1. The second-order valence-electron chi connectivity index (χ2n) is 8.39. The number of amides is 1. The molecule has 180 valence electrons. The van der Waals surface area contributed by atoms with E-state index in [0.29, 0.717) is 33.4 Å². The lowest BCUT2D eigenvalue weighted by Gasteiger charge is -2.15. The van der Waals surface area contributed by atoms with E-state index in [1.165, 1.54) is 28.7 Å². The summed E-state index contributed by atoms with van der Waals surface area (Å²) in [6, 6.07) is 17.7. The van der Waals surface area contributed by atoms with Crippen molar-refractivity contribution in [1.29, 1.82) is 0 Å². The maximum atomic E-state index is 13.3. The number of fused-ring (bicyclic) bond motifs is 2. The number of nitrogens with one attached hydrogen (secondary N) is 1. The van der Waals surface area contributed by atoms with Crippen molar-refractivity contribution >= 4 is 39.2 Å². The predicted molar refractivity (Wildman–Crippen MR) is 139 cm³/mol. The average molecular weight is 508 g/mol. The Kier molecular flexibility index (Phi) is 7.06. The summed E-state index contributed by atoms with van der Waals surface area (Å²) in [5.74, 6) is 1.46. The number of hydrogen-bond donors (Lipinski definition) is 1. The lowest BCUT2D eigenvalue weighted by atomic mass is 10.1. The molecule has 2 aromatic carbocycles. The van der Waals surface area contributed by atoms with E-state index in [1.807, 2.05) is 54.8 Å².